The summed E-state index contributed by atoms with van der Waals surface area (Å²) >= 11 is 0. The summed E-state index contributed by atoms with van der Waals surface area (Å²) in [6, 6.07) is 3.77. The number of amidine groups is 1. The summed E-state index contributed by atoms with van der Waals surface area (Å²) in [4.78, 5) is 13.0. The first-order chi connectivity index (χ1) is 14.1. The molecule has 1 aromatic heterocycles. The fourth-order valence-corrected chi connectivity index (χ4v) is 4.27. The number of aromatic hydroxyl groups is 2. The van der Waals surface area contributed by atoms with Gasteiger partial charge in [-0.1, -0.05) is 41.5 Å². The van der Waals surface area contributed by atoms with E-state index in [0.717, 1.165) is 6.07 Å². The second-order valence-corrected chi connectivity index (χ2v) is 11.5. The number of nitrogens with one attached hydrogen (secondary N) is 1. The second kappa shape index (κ2) is 7.37. The van der Waals surface area contributed by atoms with E-state index in [1.165, 1.54) is 16.8 Å². The molecule has 0 radical (unpaired) electrons. The lowest BCUT2D eigenvalue weighted by Crippen LogP contribution is -2.36. The van der Waals surface area contributed by atoms with Gasteiger partial charge < -0.3 is 15.5 Å². The molecule has 0 atom stereocenters. The summed E-state index contributed by atoms with van der Waals surface area (Å²) in [5.74, 6) is -0.916. The molecule has 0 spiro atoms. The normalized spacial score (nSPS) is 15.7. The zero-order valence-electron chi connectivity index (χ0n) is 18.5. The first-order valence-electron chi connectivity index (χ1n) is 9.90. The number of benzene rings is 1. The van der Waals surface area contributed by atoms with Gasteiger partial charge in [-0.05, 0) is 24.0 Å². The maximum absolute atomic E-state index is 13.2. The maximum Gasteiger partial charge on any atom is 0.286 e. The van der Waals surface area contributed by atoms with Gasteiger partial charge in [0.05, 0.1) is 5.69 Å². The Morgan fingerprint density at radius 3 is 2.32 bits per heavy atom. The Balaban J connectivity index is 2.24. The van der Waals surface area contributed by atoms with Gasteiger partial charge in [0.25, 0.3) is 15.6 Å². The second-order valence-electron chi connectivity index (χ2n) is 9.88. The van der Waals surface area contributed by atoms with Crippen LogP contribution in [0.25, 0.3) is 0 Å². The SMILES string of the molecule is CC(C)(C)CCn1nc(C(C)(C)C)c(O)c(C2=NS(=O)(=O)c3cc(O)ccc3N2)c1=O. The standard InChI is InChI=1S/C21H28N4O5S/c1-20(2,3)9-10-25-19(28)15(16(27)17(23-25)21(4,5)6)18-22-13-8-7-12(26)11-14(13)31(29,30)24-18/h7-8,11,26-27H,9-10H2,1-6H3,(H,22,24). The highest BCUT2D eigenvalue weighted by Gasteiger charge is 2.33. The van der Waals surface area contributed by atoms with Gasteiger partial charge in [0.2, 0.25) is 0 Å². The summed E-state index contributed by atoms with van der Waals surface area (Å²) in [5, 5.41) is 27.8. The van der Waals surface area contributed by atoms with Gasteiger partial charge in [0.1, 0.15) is 21.9 Å². The van der Waals surface area contributed by atoms with Crippen molar-refractivity contribution in [1.29, 1.82) is 0 Å². The average Bonchev–Trinajstić information content (AvgIpc) is 2.59. The molecular weight excluding hydrogens is 420 g/mol. The lowest BCUT2D eigenvalue weighted by atomic mass is 9.90. The van der Waals surface area contributed by atoms with Gasteiger partial charge >= 0.3 is 0 Å². The van der Waals surface area contributed by atoms with Crippen LogP contribution in [0.4, 0.5) is 5.69 Å². The minimum absolute atomic E-state index is 0.0635. The maximum atomic E-state index is 13.2. The average molecular weight is 449 g/mol. The smallest absolute Gasteiger partial charge is 0.286 e. The summed E-state index contributed by atoms with van der Waals surface area (Å²) < 4.78 is 30.4. The molecule has 2 aromatic rings. The van der Waals surface area contributed by atoms with Crippen molar-refractivity contribution in [3.63, 3.8) is 0 Å². The van der Waals surface area contributed by atoms with Crippen LogP contribution >= 0.6 is 0 Å². The molecular formula is C21H28N4O5S. The van der Waals surface area contributed by atoms with Crippen LogP contribution in [-0.2, 0) is 22.0 Å². The van der Waals surface area contributed by atoms with Gasteiger partial charge in [-0.25, -0.2) is 4.68 Å². The Morgan fingerprint density at radius 2 is 1.74 bits per heavy atom. The lowest BCUT2D eigenvalue weighted by molar-refractivity contribution is 0.328. The van der Waals surface area contributed by atoms with Crippen LogP contribution in [0.2, 0.25) is 0 Å². The Hall–Kier alpha value is -2.88. The van der Waals surface area contributed by atoms with Gasteiger partial charge in [-0.2, -0.15) is 13.5 Å². The number of phenolic OH excluding ortho intramolecular Hbond substituents is 1. The number of sulfonamides is 1. The van der Waals surface area contributed by atoms with Crippen LogP contribution in [-0.4, -0.2) is 34.2 Å². The van der Waals surface area contributed by atoms with Crippen LogP contribution in [0.5, 0.6) is 11.5 Å². The Kier molecular flexibility index (Phi) is 5.42. The molecule has 0 saturated heterocycles. The number of hydrogen-bond donors (Lipinski definition) is 3. The van der Waals surface area contributed by atoms with Crippen LogP contribution in [0.3, 0.4) is 0 Å². The van der Waals surface area contributed by atoms with Crippen LogP contribution in [0, 0.1) is 5.41 Å². The van der Waals surface area contributed by atoms with Crippen molar-refractivity contribution in [3.8, 4) is 11.5 Å². The van der Waals surface area contributed by atoms with Crippen molar-refractivity contribution in [2.24, 2.45) is 9.81 Å². The molecule has 0 fully saturated rings. The molecule has 1 aliphatic heterocycles. The number of aryl methyl sites for hydroxylation is 1. The first kappa shape index (κ1) is 22.8. The quantitative estimate of drug-likeness (QED) is 0.615. The van der Waals surface area contributed by atoms with Crippen LogP contribution in [0.15, 0.2) is 32.3 Å². The Labute approximate surface area is 181 Å². The number of aromatic nitrogens is 2. The highest BCUT2D eigenvalue weighted by atomic mass is 32.2. The summed E-state index contributed by atoms with van der Waals surface area (Å²) in [7, 11) is -4.21. The van der Waals surface area contributed by atoms with E-state index >= 15 is 0 Å². The minimum Gasteiger partial charge on any atom is -0.508 e. The molecule has 168 valence electrons. The fourth-order valence-electron chi connectivity index (χ4n) is 3.13. The van der Waals surface area contributed by atoms with E-state index < -0.39 is 26.7 Å². The molecule has 0 bridgehead atoms. The van der Waals surface area contributed by atoms with Crippen molar-refractivity contribution in [3.05, 3.63) is 39.8 Å². The third kappa shape index (κ3) is 4.58. The molecule has 0 saturated carbocycles. The highest BCUT2D eigenvalue weighted by molar-refractivity contribution is 7.90. The number of anilines is 1. The Morgan fingerprint density at radius 1 is 1.10 bits per heavy atom. The summed E-state index contributed by atoms with van der Waals surface area (Å²) in [6.07, 6.45) is 0.647. The molecule has 10 heteroatoms. The van der Waals surface area contributed by atoms with E-state index in [-0.39, 0.29) is 38.8 Å². The molecule has 1 aromatic carbocycles. The highest BCUT2D eigenvalue weighted by Crippen LogP contribution is 2.34. The van der Waals surface area contributed by atoms with Crippen LogP contribution < -0.4 is 10.9 Å². The molecule has 3 N–H and O–H groups in total. The number of fused-ring (bicyclic) bond motifs is 1. The van der Waals surface area contributed by atoms with E-state index in [2.05, 4.69) is 14.8 Å². The van der Waals surface area contributed by atoms with E-state index in [4.69, 9.17) is 0 Å². The minimum atomic E-state index is -4.21. The Bertz CT molecular complexity index is 1230. The van der Waals surface area contributed by atoms with Crippen LogP contribution in [0.1, 0.15) is 59.2 Å². The predicted molar refractivity (Wildman–Crippen MR) is 118 cm³/mol. The van der Waals surface area contributed by atoms with Gasteiger partial charge in [-0.3, -0.25) is 4.79 Å². The molecule has 2 heterocycles. The fraction of sp³-hybridized carbons (Fsp3) is 0.476. The zero-order chi connectivity index (χ0) is 23.4. The monoisotopic (exact) mass is 448 g/mol. The molecule has 3 rings (SSSR count). The van der Waals surface area contributed by atoms with Gasteiger partial charge in [-0.15, -0.1) is 4.40 Å². The molecule has 9 nitrogen and oxygen atoms in total. The zero-order valence-corrected chi connectivity index (χ0v) is 19.3. The van der Waals surface area contributed by atoms with Gasteiger partial charge in [0.15, 0.2) is 11.6 Å². The topological polar surface area (TPSA) is 134 Å². The van der Waals surface area contributed by atoms with Gasteiger partial charge in [0, 0.05) is 18.0 Å². The molecule has 0 unspecified atom stereocenters. The van der Waals surface area contributed by atoms with Crippen molar-refractivity contribution in [2.75, 3.05) is 5.32 Å². The summed E-state index contributed by atoms with van der Waals surface area (Å²) in [5.41, 5.74) is -1.17. The molecule has 0 amide bonds. The third-order valence-corrected chi connectivity index (χ3v) is 6.18. The van der Waals surface area contributed by atoms with Crippen molar-refractivity contribution >= 4 is 21.5 Å². The molecule has 0 aliphatic carbocycles. The summed E-state index contributed by atoms with van der Waals surface area (Å²) in [6.45, 7) is 11.9. The lowest BCUT2D eigenvalue weighted by Gasteiger charge is -2.25. The number of phenols is 1. The van der Waals surface area contributed by atoms with E-state index in [1.807, 2.05) is 41.5 Å². The molecule has 1 aliphatic rings. The van der Waals surface area contributed by atoms with E-state index in [1.54, 1.807) is 0 Å². The van der Waals surface area contributed by atoms with E-state index in [9.17, 15) is 23.4 Å². The largest absolute Gasteiger partial charge is 0.508 e. The number of nitrogens with zero attached hydrogens (tertiary/aromatic N) is 3. The predicted octanol–water partition coefficient (Wildman–Crippen LogP) is 2.95. The van der Waals surface area contributed by atoms with E-state index in [0.29, 0.717) is 13.0 Å². The first-order valence-corrected chi connectivity index (χ1v) is 11.3. The van der Waals surface area contributed by atoms with Crippen molar-refractivity contribution in [1.82, 2.24) is 9.78 Å². The third-order valence-electron chi connectivity index (χ3n) is 4.86. The molecule has 31 heavy (non-hydrogen) atoms. The number of hydrogen-bond acceptors (Lipinski definition) is 7. The number of rotatable bonds is 3. The van der Waals surface area contributed by atoms with Crippen molar-refractivity contribution in [2.45, 2.75) is 64.8 Å². The van der Waals surface area contributed by atoms with Crippen molar-refractivity contribution < 1.29 is 18.6 Å².